The fraction of sp³-hybridized carbons (Fsp3) is 0.867. The summed E-state index contributed by atoms with van der Waals surface area (Å²) in [5.74, 6) is -0.789. The summed E-state index contributed by atoms with van der Waals surface area (Å²) < 4.78 is 32.5. The van der Waals surface area contributed by atoms with Gasteiger partial charge in [0.1, 0.15) is 11.9 Å². The summed E-state index contributed by atoms with van der Waals surface area (Å²) in [5.41, 5.74) is 0. The fourth-order valence-electron chi connectivity index (χ4n) is 1.76. The van der Waals surface area contributed by atoms with Crippen LogP contribution in [0.1, 0.15) is 33.6 Å². The summed E-state index contributed by atoms with van der Waals surface area (Å²) in [7, 11) is -1.86. The van der Waals surface area contributed by atoms with E-state index in [1.54, 1.807) is 0 Å². The number of Topliss-reactive ketones (excluding diaryl/α,β-unsaturated/α-hetero) is 1. The van der Waals surface area contributed by atoms with Crippen molar-refractivity contribution in [3.63, 3.8) is 0 Å². The lowest BCUT2D eigenvalue weighted by Crippen LogP contribution is -2.45. The molecule has 0 rings (SSSR count). The minimum atomic E-state index is -3.43. The lowest BCUT2D eigenvalue weighted by atomic mass is 10.1. The Morgan fingerprint density at radius 2 is 1.54 bits per heavy atom. The molecule has 0 saturated heterocycles. The molecule has 0 heterocycles. The molecule has 142 valence electrons. The molecule has 0 aromatic rings. The minimum Gasteiger partial charge on any atom is -0.469 e. The van der Waals surface area contributed by atoms with Crippen molar-refractivity contribution in [2.24, 2.45) is 0 Å². The zero-order valence-corrected chi connectivity index (χ0v) is 17.9. The largest absolute Gasteiger partial charge is 0.469 e. The van der Waals surface area contributed by atoms with E-state index in [4.69, 9.17) is 13.5 Å². The minimum absolute atomic E-state index is 0.0288. The van der Waals surface area contributed by atoms with Gasteiger partial charge in [0.05, 0.1) is 19.6 Å². The van der Waals surface area contributed by atoms with Gasteiger partial charge in [-0.2, -0.15) is 0 Å². The van der Waals surface area contributed by atoms with Crippen LogP contribution >= 0.6 is 7.60 Å². The summed E-state index contributed by atoms with van der Waals surface area (Å²) in [6.45, 7) is 10.3. The molecule has 7 nitrogen and oxygen atoms in total. The molecule has 0 aliphatic heterocycles. The van der Waals surface area contributed by atoms with Gasteiger partial charge in [-0.1, -0.05) is 20.8 Å². The van der Waals surface area contributed by atoms with Gasteiger partial charge in [-0.25, -0.2) is 0 Å². The molecule has 0 spiro atoms. The van der Waals surface area contributed by atoms with Gasteiger partial charge in [0.15, 0.2) is 8.32 Å². The number of ketones is 1. The van der Waals surface area contributed by atoms with Crippen LogP contribution in [0.15, 0.2) is 0 Å². The van der Waals surface area contributed by atoms with E-state index in [2.05, 4.69) is 25.5 Å². The maximum absolute atomic E-state index is 12.2. The molecular weight excluding hydrogens is 351 g/mol. The molecule has 0 radical (unpaired) electrons. The van der Waals surface area contributed by atoms with Crippen LogP contribution in [0.25, 0.3) is 0 Å². The van der Waals surface area contributed by atoms with Crippen molar-refractivity contribution in [3.8, 4) is 0 Å². The third-order valence-corrected chi connectivity index (χ3v) is 10.7. The van der Waals surface area contributed by atoms with E-state index in [1.807, 2.05) is 13.1 Å². The summed E-state index contributed by atoms with van der Waals surface area (Å²) in [4.78, 5) is 23.9. The Hall–Kier alpha value is -0.533. The molecule has 0 amide bonds. The van der Waals surface area contributed by atoms with E-state index in [1.165, 1.54) is 21.3 Å². The highest BCUT2D eigenvalue weighted by molar-refractivity contribution is 7.54. The van der Waals surface area contributed by atoms with Crippen LogP contribution in [-0.4, -0.2) is 53.7 Å². The number of hydrogen-bond acceptors (Lipinski definition) is 7. The maximum atomic E-state index is 12.2. The average Bonchev–Trinajstić information content (AvgIpc) is 2.44. The van der Waals surface area contributed by atoms with E-state index in [0.29, 0.717) is 0 Å². The van der Waals surface area contributed by atoms with Crippen molar-refractivity contribution in [1.82, 2.24) is 0 Å². The van der Waals surface area contributed by atoms with Crippen LogP contribution < -0.4 is 0 Å². The van der Waals surface area contributed by atoms with Crippen molar-refractivity contribution in [2.75, 3.05) is 27.5 Å². The van der Waals surface area contributed by atoms with Crippen molar-refractivity contribution in [3.05, 3.63) is 0 Å². The predicted molar refractivity (Wildman–Crippen MR) is 94.8 cm³/mol. The van der Waals surface area contributed by atoms with E-state index in [0.717, 1.165) is 0 Å². The number of carbonyl (C=O) groups excluding carboxylic acids is 2. The molecule has 0 aliphatic carbocycles. The number of carbonyl (C=O) groups is 2. The van der Waals surface area contributed by atoms with Crippen LogP contribution in [0.5, 0.6) is 0 Å². The highest BCUT2D eigenvalue weighted by atomic mass is 31.2. The van der Waals surface area contributed by atoms with Crippen molar-refractivity contribution >= 4 is 27.7 Å². The first-order chi connectivity index (χ1) is 10.8. The summed E-state index contributed by atoms with van der Waals surface area (Å²) in [5, 5.41) is -0.0707. The van der Waals surface area contributed by atoms with Crippen molar-refractivity contribution in [2.45, 2.75) is 57.8 Å². The predicted octanol–water partition coefficient (Wildman–Crippen LogP) is 3.39. The zero-order chi connectivity index (χ0) is 19.2. The Morgan fingerprint density at radius 3 is 1.92 bits per heavy atom. The normalized spacial score (nSPS) is 14.3. The van der Waals surface area contributed by atoms with Crippen LogP contribution in [0, 0.1) is 0 Å². The van der Waals surface area contributed by atoms with Crippen LogP contribution in [0.4, 0.5) is 0 Å². The molecule has 0 unspecified atom stereocenters. The van der Waals surface area contributed by atoms with Crippen LogP contribution in [0.3, 0.4) is 0 Å². The quantitative estimate of drug-likeness (QED) is 0.325. The van der Waals surface area contributed by atoms with Gasteiger partial charge >= 0.3 is 13.6 Å². The van der Waals surface area contributed by atoms with Gasteiger partial charge < -0.3 is 18.2 Å². The average molecular weight is 382 g/mol. The van der Waals surface area contributed by atoms with Gasteiger partial charge in [-0.15, -0.1) is 0 Å². The SMILES string of the molecule is COC(=O)C[C@@H](CC(=O)CP(=O)(OC)OC)O[Si](C)(C)C(C)(C)C. The molecule has 0 fully saturated rings. The number of methoxy groups -OCH3 is 1. The molecule has 0 saturated carbocycles. The third kappa shape index (κ3) is 7.57. The van der Waals surface area contributed by atoms with Crippen molar-refractivity contribution in [1.29, 1.82) is 0 Å². The van der Waals surface area contributed by atoms with Gasteiger partial charge in [-0.3, -0.25) is 14.2 Å². The molecule has 1 atom stereocenters. The number of rotatable bonds is 10. The first kappa shape index (κ1) is 23.5. The second-order valence-corrected chi connectivity index (χ2v) is 14.2. The maximum Gasteiger partial charge on any atom is 0.337 e. The molecule has 24 heavy (non-hydrogen) atoms. The lowest BCUT2D eigenvalue weighted by Gasteiger charge is -2.39. The number of hydrogen-bond donors (Lipinski definition) is 0. The number of ether oxygens (including phenoxy) is 1. The van der Waals surface area contributed by atoms with E-state index in [-0.39, 0.29) is 29.8 Å². The zero-order valence-electron chi connectivity index (χ0n) is 16.0. The molecule has 0 N–H and O–H groups in total. The standard InChI is InChI=1S/C15H31O7PSi/c1-15(2,3)24(7,8)22-13(10-14(17)19-4)9-12(16)11-23(18,20-5)21-6/h13H,9-11H2,1-8H3/t13-/m1/s1. The Kier molecular flexibility index (Phi) is 9.04. The Balaban J connectivity index is 5.13. The third-order valence-electron chi connectivity index (χ3n) is 4.27. The van der Waals surface area contributed by atoms with Gasteiger partial charge in [0, 0.05) is 20.6 Å². The monoisotopic (exact) mass is 382 g/mol. The van der Waals surface area contributed by atoms with Gasteiger partial charge in [0.25, 0.3) is 0 Å². The highest BCUT2D eigenvalue weighted by Gasteiger charge is 2.40. The lowest BCUT2D eigenvalue weighted by molar-refractivity contribution is -0.142. The summed E-state index contributed by atoms with van der Waals surface area (Å²) in [6.07, 6.45) is -1.04. The second kappa shape index (κ2) is 9.24. The van der Waals surface area contributed by atoms with E-state index >= 15 is 0 Å². The molecule has 0 aromatic carbocycles. The van der Waals surface area contributed by atoms with Crippen molar-refractivity contribution < 1.29 is 32.4 Å². The second-order valence-electron chi connectivity index (χ2n) is 7.16. The highest BCUT2D eigenvalue weighted by Crippen LogP contribution is 2.46. The van der Waals surface area contributed by atoms with E-state index in [9.17, 15) is 14.2 Å². The smallest absolute Gasteiger partial charge is 0.337 e. The fourth-order valence-corrected chi connectivity index (χ4v) is 4.08. The number of esters is 1. The first-order valence-corrected chi connectivity index (χ1v) is 12.4. The molecular formula is C15H31O7PSi. The molecule has 0 aromatic heterocycles. The Labute approximate surface area is 146 Å². The van der Waals surface area contributed by atoms with Crippen LogP contribution in [0.2, 0.25) is 18.1 Å². The summed E-state index contributed by atoms with van der Waals surface area (Å²) >= 11 is 0. The van der Waals surface area contributed by atoms with E-state index < -0.39 is 28.0 Å². The first-order valence-electron chi connectivity index (χ1n) is 7.77. The Bertz CT molecular complexity index is 477. The topological polar surface area (TPSA) is 88.1 Å². The molecule has 9 heteroatoms. The molecule has 0 bridgehead atoms. The van der Waals surface area contributed by atoms with Gasteiger partial charge in [-0.05, 0) is 18.1 Å². The van der Waals surface area contributed by atoms with Gasteiger partial charge in [0.2, 0.25) is 0 Å². The molecule has 0 aliphatic rings. The Morgan fingerprint density at radius 1 is 1.04 bits per heavy atom. The summed E-state index contributed by atoms with van der Waals surface area (Å²) in [6, 6.07) is 0. The van der Waals surface area contributed by atoms with Crippen LogP contribution in [-0.2, 0) is 32.4 Å².